The molecule has 0 atom stereocenters. The molecule has 2 rings (SSSR count). The number of hydrogen-bond acceptors (Lipinski definition) is 4. The van der Waals surface area contributed by atoms with Gasteiger partial charge in [0.15, 0.2) is 0 Å². The van der Waals surface area contributed by atoms with Gasteiger partial charge < -0.3 is 11.1 Å². The number of halogens is 1. The number of carbonyl (C=O) groups is 1. The van der Waals surface area contributed by atoms with Crippen molar-refractivity contribution in [2.45, 2.75) is 13.5 Å². The predicted molar refractivity (Wildman–Crippen MR) is 76.6 cm³/mol. The van der Waals surface area contributed by atoms with Gasteiger partial charge in [-0.1, -0.05) is 0 Å². The van der Waals surface area contributed by atoms with Crippen molar-refractivity contribution >= 4 is 38.9 Å². The van der Waals surface area contributed by atoms with Gasteiger partial charge in [-0.25, -0.2) is 4.98 Å². The van der Waals surface area contributed by atoms with Crippen molar-refractivity contribution in [3.8, 4) is 0 Å². The molecule has 94 valence electrons. The summed E-state index contributed by atoms with van der Waals surface area (Å²) < 4.78 is 0.726. The van der Waals surface area contributed by atoms with E-state index in [1.807, 2.05) is 12.3 Å². The fourth-order valence-corrected chi connectivity index (χ4v) is 2.51. The van der Waals surface area contributed by atoms with Crippen molar-refractivity contribution in [3.63, 3.8) is 0 Å². The summed E-state index contributed by atoms with van der Waals surface area (Å²) in [4.78, 5) is 16.3. The molecular weight excluding hydrogens is 314 g/mol. The Morgan fingerprint density at radius 3 is 3.00 bits per heavy atom. The Morgan fingerprint density at radius 1 is 1.56 bits per heavy atom. The number of benzene rings is 1. The third kappa shape index (κ3) is 3.08. The quantitative estimate of drug-likeness (QED) is 0.852. The molecule has 1 aromatic carbocycles. The van der Waals surface area contributed by atoms with Crippen LogP contribution in [0, 0.1) is 6.92 Å². The van der Waals surface area contributed by atoms with Crippen LogP contribution in [-0.4, -0.2) is 10.9 Å². The summed E-state index contributed by atoms with van der Waals surface area (Å²) >= 11 is 4.90. The highest BCUT2D eigenvalue weighted by atomic mass is 79.9. The van der Waals surface area contributed by atoms with Gasteiger partial charge in [0.05, 0.1) is 22.8 Å². The second-order valence-electron chi connectivity index (χ2n) is 3.78. The molecule has 0 aliphatic rings. The number of nitrogen functional groups attached to an aromatic ring is 1. The number of thiazole rings is 1. The maximum atomic E-state index is 12.0. The Balaban J connectivity index is 2.05. The lowest BCUT2D eigenvalue weighted by atomic mass is 10.2. The smallest absolute Gasteiger partial charge is 0.252 e. The van der Waals surface area contributed by atoms with E-state index in [0.29, 0.717) is 17.8 Å². The molecule has 1 amide bonds. The van der Waals surface area contributed by atoms with E-state index < -0.39 is 0 Å². The first-order valence-electron chi connectivity index (χ1n) is 5.30. The van der Waals surface area contributed by atoms with E-state index in [2.05, 4.69) is 26.2 Å². The maximum absolute atomic E-state index is 12.0. The Hall–Kier alpha value is -1.40. The highest BCUT2D eigenvalue weighted by molar-refractivity contribution is 9.10. The van der Waals surface area contributed by atoms with Gasteiger partial charge >= 0.3 is 0 Å². The number of nitrogens with one attached hydrogen (secondary N) is 1. The van der Waals surface area contributed by atoms with Crippen molar-refractivity contribution in [2.75, 3.05) is 5.73 Å². The van der Waals surface area contributed by atoms with Crippen LogP contribution in [-0.2, 0) is 6.54 Å². The molecular formula is C12H12BrN3OS. The molecule has 0 saturated heterocycles. The lowest BCUT2D eigenvalue weighted by Gasteiger charge is -2.06. The third-order valence-electron chi connectivity index (χ3n) is 2.33. The van der Waals surface area contributed by atoms with Crippen molar-refractivity contribution in [3.05, 3.63) is 44.3 Å². The van der Waals surface area contributed by atoms with E-state index in [9.17, 15) is 4.79 Å². The molecule has 1 heterocycles. The lowest BCUT2D eigenvalue weighted by molar-refractivity contribution is 0.0949. The Morgan fingerprint density at radius 2 is 2.33 bits per heavy atom. The molecule has 2 aromatic rings. The fourth-order valence-electron chi connectivity index (χ4n) is 1.47. The van der Waals surface area contributed by atoms with Crippen LogP contribution in [0.5, 0.6) is 0 Å². The lowest BCUT2D eigenvalue weighted by Crippen LogP contribution is -2.23. The van der Waals surface area contributed by atoms with Crippen molar-refractivity contribution < 1.29 is 4.79 Å². The van der Waals surface area contributed by atoms with Crippen LogP contribution in [0.1, 0.15) is 21.1 Å². The van der Waals surface area contributed by atoms with Gasteiger partial charge in [0.2, 0.25) is 0 Å². The van der Waals surface area contributed by atoms with Crippen LogP contribution in [0.25, 0.3) is 0 Å². The number of aryl methyl sites for hydroxylation is 1. The van der Waals surface area contributed by atoms with Crippen molar-refractivity contribution in [2.24, 2.45) is 0 Å². The normalized spacial score (nSPS) is 10.3. The molecule has 0 aliphatic heterocycles. The van der Waals surface area contributed by atoms with E-state index in [0.717, 1.165) is 15.2 Å². The highest BCUT2D eigenvalue weighted by Crippen LogP contribution is 2.19. The summed E-state index contributed by atoms with van der Waals surface area (Å²) in [5, 5.41) is 5.74. The summed E-state index contributed by atoms with van der Waals surface area (Å²) in [6, 6.07) is 5.15. The molecule has 0 aliphatic carbocycles. The van der Waals surface area contributed by atoms with Crippen LogP contribution >= 0.6 is 27.3 Å². The van der Waals surface area contributed by atoms with Gasteiger partial charge in [-0.15, -0.1) is 11.3 Å². The average molecular weight is 326 g/mol. The van der Waals surface area contributed by atoms with Gasteiger partial charge in [0, 0.05) is 15.5 Å². The van der Waals surface area contributed by atoms with Crippen molar-refractivity contribution in [1.29, 1.82) is 0 Å². The van der Waals surface area contributed by atoms with E-state index >= 15 is 0 Å². The number of aromatic nitrogens is 1. The van der Waals surface area contributed by atoms with E-state index in [1.54, 1.807) is 29.5 Å². The second-order valence-corrected chi connectivity index (χ2v) is 5.70. The molecule has 0 saturated carbocycles. The van der Waals surface area contributed by atoms with Crippen LogP contribution < -0.4 is 11.1 Å². The zero-order valence-electron chi connectivity index (χ0n) is 9.74. The summed E-state index contributed by atoms with van der Waals surface area (Å²) in [6.45, 7) is 2.36. The van der Waals surface area contributed by atoms with E-state index in [4.69, 9.17) is 5.73 Å². The second kappa shape index (κ2) is 5.49. The highest BCUT2D eigenvalue weighted by Gasteiger charge is 2.10. The number of nitrogens with zero attached hydrogens (tertiary/aromatic N) is 1. The maximum Gasteiger partial charge on any atom is 0.252 e. The largest absolute Gasteiger partial charge is 0.399 e. The summed E-state index contributed by atoms with van der Waals surface area (Å²) in [6.07, 6.45) is 0. The Bertz CT molecular complexity index is 582. The van der Waals surface area contributed by atoms with Gasteiger partial charge in [-0.3, -0.25) is 4.79 Å². The van der Waals surface area contributed by atoms with Gasteiger partial charge in [0.1, 0.15) is 0 Å². The van der Waals surface area contributed by atoms with Gasteiger partial charge in [-0.05, 0) is 41.1 Å². The van der Waals surface area contributed by atoms with E-state index in [1.165, 1.54) is 0 Å². The first kappa shape index (κ1) is 13.0. The summed E-state index contributed by atoms with van der Waals surface area (Å²) in [5.41, 5.74) is 7.62. The molecule has 0 fully saturated rings. The zero-order chi connectivity index (χ0) is 13.1. The number of amides is 1. The average Bonchev–Trinajstić information content (AvgIpc) is 2.75. The SMILES string of the molecule is Cc1nc(CNC(=O)c2cc(N)ccc2Br)cs1. The number of rotatable bonds is 3. The molecule has 0 bridgehead atoms. The molecule has 0 spiro atoms. The number of nitrogens with two attached hydrogens (primary N) is 1. The molecule has 4 nitrogen and oxygen atoms in total. The minimum atomic E-state index is -0.167. The number of hydrogen-bond donors (Lipinski definition) is 2. The molecule has 0 radical (unpaired) electrons. The monoisotopic (exact) mass is 325 g/mol. The van der Waals surface area contributed by atoms with Crippen LogP contribution in [0.3, 0.4) is 0 Å². The van der Waals surface area contributed by atoms with Crippen LogP contribution in [0.4, 0.5) is 5.69 Å². The molecule has 1 aromatic heterocycles. The van der Waals surface area contributed by atoms with Gasteiger partial charge in [0.25, 0.3) is 5.91 Å². The minimum Gasteiger partial charge on any atom is -0.399 e. The zero-order valence-corrected chi connectivity index (χ0v) is 12.1. The molecule has 0 unspecified atom stereocenters. The van der Waals surface area contributed by atoms with Gasteiger partial charge in [-0.2, -0.15) is 0 Å². The first-order valence-corrected chi connectivity index (χ1v) is 6.98. The molecule has 3 N–H and O–H groups in total. The fraction of sp³-hybridized carbons (Fsp3) is 0.167. The minimum absolute atomic E-state index is 0.167. The molecule has 6 heteroatoms. The standard InChI is InChI=1S/C12H12BrN3OS/c1-7-16-9(6-18-7)5-15-12(17)10-4-8(14)2-3-11(10)13/h2-4,6H,5,14H2,1H3,(H,15,17). The third-order valence-corrected chi connectivity index (χ3v) is 3.85. The predicted octanol–water partition coefficient (Wildman–Crippen LogP) is 2.73. The summed E-state index contributed by atoms with van der Waals surface area (Å²) in [7, 11) is 0. The van der Waals surface area contributed by atoms with E-state index in [-0.39, 0.29) is 5.91 Å². The Labute approximate surface area is 117 Å². The first-order chi connectivity index (χ1) is 8.56. The summed E-state index contributed by atoms with van der Waals surface area (Å²) in [5.74, 6) is -0.167. The van der Waals surface area contributed by atoms with Crippen molar-refractivity contribution in [1.82, 2.24) is 10.3 Å². The van der Waals surface area contributed by atoms with Crippen LogP contribution in [0.2, 0.25) is 0 Å². The number of carbonyl (C=O) groups excluding carboxylic acids is 1. The molecule has 18 heavy (non-hydrogen) atoms. The topological polar surface area (TPSA) is 68.0 Å². The Kier molecular flexibility index (Phi) is 3.98. The number of anilines is 1. The van der Waals surface area contributed by atoms with Crippen LogP contribution in [0.15, 0.2) is 28.1 Å².